The van der Waals surface area contributed by atoms with Crippen molar-refractivity contribution >= 4 is 0 Å². The first kappa shape index (κ1) is 27.0. The fourth-order valence-electron chi connectivity index (χ4n) is 4.18. The van der Waals surface area contributed by atoms with Crippen molar-refractivity contribution in [2.75, 3.05) is 39.6 Å². The van der Waals surface area contributed by atoms with Gasteiger partial charge in [0.15, 0.2) is 12.6 Å². The molecule has 2 atom stereocenters. The molecule has 0 aromatic heterocycles. The average molecular weight is 443 g/mol. The van der Waals surface area contributed by atoms with Crippen LogP contribution in [0, 0.1) is 10.8 Å². The Morgan fingerprint density at radius 3 is 1.48 bits per heavy atom. The minimum absolute atomic E-state index is 0.0218. The molecule has 0 saturated carbocycles. The van der Waals surface area contributed by atoms with Gasteiger partial charge in [-0.2, -0.15) is 0 Å². The Labute approximate surface area is 191 Å². The van der Waals surface area contributed by atoms with Crippen LogP contribution >= 0.6 is 0 Å². The molecule has 0 radical (unpaired) electrons. The first-order chi connectivity index (χ1) is 14.9. The number of hydrogen-bond donors (Lipinski definition) is 0. The molecular formula is C26H50O5. The molecule has 31 heavy (non-hydrogen) atoms. The minimum Gasteiger partial charge on any atom is -0.381 e. The van der Waals surface area contributed by atoms with E-state index in [0.29, 0.717) is 0 Å². The largest absolute Gasteiger partial charge is 0.381 e. The smallest absolute Gasteiger partial charge is 0.157 e. The van der Waals surface area contributed by atoms with Crippen molar-refractivity contribution in [2.24, 2.45) is 10.8 Å². The van der Waals surface area contributed by atoms with Gasteiger partial charge in [0.25, 0.3) is 0 Å². The Bertz CT molecular complexity index is 399. The van der Waals surface area contributed by atoms with Gasteiger partial charge in [-0.1, -0.05) is 40.5 Å². The predicted molar refractivity (Wildman–Crippen MR) is 125 cm³/mol. The van der Waals surface area contributed by atoms with Crippen LogP contribution in [0.25, 0.3) is 0 Å². The summed E-state index contributed by atoms with van der Waals surface area (Å²) in [7, 11) is 0. The van der Waals surface area contributed by atoms with Crippen molar-refractivity contribution in [2.45, 2.75) is 117 Å². The summed E-state index contributed by atoms with van der Waals surface area (Å²) in [5.41, 5.74) is 0.411. The molecule has 5 heteroatoms. The lowest BCUT2D eigenvalue weighted by Crippen LogP contribution is -2.28. The molecule has 0 amide bonds. The van der Waals surface area contributed by atoms with Crippen molar-refractivity contribution in [1.29, 1.82) is 0 Å². The molecule has 5 nitrogen and oxygen atoms in total. The molecule has 2 heterocycles. The van der Waals surface area contributed by atoms with Crippen molar-refractivity contribution in [1.82, 2.24) is 0 Å². The second kappa shape index (κ2) is 14.8. The Hall–Kier alpha value is -0.200. The van der Waals surface area contributed by atoms with Gasteiger partial charge in [-0.3, -0.25) is 0 Å². The van der Waals surface area contributed by atoms with Crippen molar-refractivity contribution in [3.8, 4) is 0 Å². The average Bonchev–Trinajstić information content (AvgIpc) is 2.77. The third-order valence-corrected chi connectivity index (χ3v) is 6.38. The van der Waals surface area contributed by atoms with E-state index in [1.165, 1.54) is 51.4 Å². The van der Waals surface area contributed by atoms with Gasteiger partial charge >= 0.3 is 0 Å². The maximum Gasteiger partial charge on any atom is 0.157 e. The van der Waals surface area contributed by atoms with Crippen LogP contribution in [-0.4, -0.2) is 52.2 Å². The van der Waals surface area contributed by atoms with Gasteiger partial charge in [0.1, 0.15) is 0 Å². The molecular weight excluding hydrogens is 392 g/mol. The Morgan fingerprint density at radius 2 is 1.10 bits per heavy atom. The molecule has 0 aromatic carbocycles. The molecule has 0 aromatic rings. The van der Waals surface area contributed by atoms with Gasteiger partial charge in [0, 0.05) is 26.4 Å². The third kappa shape index (κ3) is 13.2. The maximum atomic E-state index is 5.98. The van der Waals surface area contributed by atoms with Crippen molar-refractivity contribution < 1.29 is 23.7 Å². The molecule has 0 N–H and O–H groups in total. The number of unbranched alkanes of at least 4 members (excludes halogenated alkanes) is 2. The van der Waals surface area contributed by atoms with Crippen molar-refractivity contribution in [3.05, 3.63) is 0 Å². The van der Waals surface area contributed by atoms with Crippen LogP contribution in [0.15, 0.2) is 0 Å². The van der Waals surface area contributed by atoms with E-state index in [9.17, 15) is 0 Å². The molecule has 2 aliphatic heterocycles. The zero-order valence-electron chi connectivity index (χ0n) is 20.9. The van der Waals surface area contributed by atoms with Crippen molar-refractivity contribution in [3.63, 3.8) is 0 Å². The molecule has 2 saturated heterocycles. The highest BCUT2D eigenvalue weighted by Crippen LogP contribution is 2.27. The van der Waals surface area contributed by atoms with E-state index in [-0.39, 0.29) is 23.4 Å². The van der Waals surface area contributed by atoms with Gasteiger partial charge in [0.2, 0.25) is 0 Å². The van der Waals surface area contributed by atoms with E-state index in [1.807, 2.05) is 0 Å². The lowest BCUT2D eigenvalue weighted by Gasteiger charge is -2.29. The van der Waals surface area contributed by atoms with E-state index in [2.05, 4.69) is 27.7 Å². The van der Waals surface area contributed by atoms with E-state index < -0.39 is 0 Å². The summed E-state index contributed by atoms with van der Waals surface area (Å²) < 4.78 is 29.2. The Kier molecular flexibility index (Phi) is 13.0. The van der Waals surface area contributed by atoms with E-state index in [0.717, 1.165) is 65.3 Å². The van der Waals surface area contributed by atoms with E-state index >= 15 is 0 Å². The van der Waals surface area contributed by atoms with Crippen LogP contribution in [0.3, 0.4) is 0 Å². The molecule has 0 aliphatic carbocycles. The first-order valence-corrected chi connectivity index (χ1v) is 12.9. The summed E-state index contributed by atoms with van der Waals surface area (Å²) in [5, 5.41) is 0. The van der Waals surface area contributed by atoms with Gasteiger partial charge in [-0.05, 0) is 75.0 Å². The highest BCUT2D eigenvalue weighted by Gasteiger charge is 2.23. The summed E-state index contributed by atoms with van der Waals surface area (Å²) in [6.45, 7) is 14.2. The standard InChI is InChI=1S/C26H50O5/c1-25(2,21-30-23-13-5-9-19-28-23)15-7-11-17-27-18-12-8-16-26(3,4)22-31-24-14-6-10-20-29-24/h23-24H,5-22H2,1-4H3. The van der Waals surface area contributed by atoms with Crippen LogP contribution in [0.4, 0.5) is 0 Å². The summed E-state index contributed by atoms with van der Waals surface area (Å²) in [6.07, 6.45) is 13.9. The second-order valence-corrected chi connectivity index (χ2v) is 11.1. The molecule has 2 aliphatic rings. The highest BCUT2D eigenvalue weighted by atomic mass is 16.7. The van der Waals surface area contributed by atoms with Crippen LogP contribution in [0.5, 0.6) is 0 Å². The van der Waals surface area contributed by atoms with Gasteiger partial charge in [-0.25, -0.2) is 0 Å². The summed E-state index contributed by atoms with van der Waals surface area (Å²) in [5.74, 6) is 0. The minimum atomic E-state index is 0.0218. The molecule has 184 valence electrons. The van der Waals surface area contributed by atoms with Crippen LogP contribution in [-0.2, 0) is 23.7 Å². The number of ether oxygens (including phenoxy) is 5. The van der Waals surface area contributed by atoms with E-state index in [4.69, 9.17) is 23.7 Å². The van der Waals surface area contributed by atoms with Crippen LogP contribution < -0.4 is 0 Å². The second-order valence-electron chi connectivity index (χ2n) is 11.1. The van der Waals surface area contributed by atoms with Gasteiger partial charge in [0.05, 0.1) is 13.2 Å². The topological polar surface area (TPSA) is 46.2 Å². The highest BCUT2D eigenvalue weighted by molar-refractivity contribution is 4.70. The van der Waals surface area contributed by atoms with Gasteiger partial charge in [-0.15, -0.1) is 0 Å². The summed E-state index contributed by atoms with van der Waals surface area (Å²) in [4.78, 5) is 0. The maximum absolute atomic E-state index is 5.98. The fraction of sp³-hybridized carbons (Fsp3) is 1.00. The first-order valence-electron chi connectivity index (χ1n) is 12.9. The SMILES string of the molecule is CC(C)(CCCCOCCCCC(C)(C)COC1CCCCO1)COC1CCCCO1. The zero-order valence-corrected chi connectivity index (χ0v) is 20.9. The van der Waals surface area contributed by atoms with Crippen LogP contribution in [0.1, 0.15) is 105 Å². The Morgan fingerprint density at radius 1 is 0.645 bits per heavy atom. The lowest BCUT2D eigenvalue weighted by molar-refractivity contribution is -0.176. The molecule has 2 rings (SSSR count). The van der Waals surface area contributed by atoms with E-state index in [1.54, 1.807) is 0 Å². The monoisotopic (exact) mass is 442 g/mol. The Balaban J connectivity index is 1.39. The lowest BCUT2D eigenvalue weighted by atomic mass is 9.88. The number of rotatable bonds is 16. The summed E-state index contributed by atoms with van der Waals surface area (Å²) >= 11 is 0. The fourth-order valence-corrected chi connectivity index (χ4v) is 4.18. The quantitative estimate of drug-likeness (QED) is 0.256. The molecule has 0 spiro atoms. The zero-order chi connectivity index (χ0) is 22.4. The van der Waals surface area contributed by atoms with Gasteiger partial charge < -0.3 is 23.7 Å². The normalized spacial score (nSPS) is 23.2. The van der Waals surface area contributed by atoms with Crippen LogP contribution in [0.2, 0.25) is 0 Å². The summed E-state index contributed by atoms with van der Waals surface area (Å²) in [6, 6.07) is 0. The molecule has 2 unspecified atom stereocenters. The predicted octanol–water partition coefficient (Wildman–Crippen LogP) is 6.48. The number of hydrogen-bond acceptors (Lipinski definition) is 5. The third-order valence-electron chi connectivity index (χ3n) is 6.38. The molecule has 0 bridgehead atoms. The molecule has 2 fully saturated rings.